The summed E-state index contributed by atoms with van der Waals surface area (Å²) in [4.78, 5) is 27.9. The van der Waals surface area contributed by atoms with E-state index in [1.807, 2.05) is 49.1 Å². The maximum Gasteiger partial charge on any atom is 0.238 e. The van der Waals surface area contributed by atoms with Gasteiger partial charge in [0.05, 0.1) is 0 Å². The van der Waals surface area contributed by atoms with Gasteiger partial charge in [0, 0.05) is 19.1 Å². The largest absolute Gasteiger partial charge is 0.355 e. The summed E-state index contributed by atoms with van der Waals surface area (Å²) < 4.78 is 0. The average Bonchev–Trinajstić information content (AvgIpc) is 3.49. The minimum absolute atomic E-state index is 0.0178. The van der Waals surface area contributed by atoms with Crippen molar-refractivity contribution in [3.8, 4) is 0 Å². The lowest BCUT2D eigenvalue weighted by Crippen LogP contribution is -2.47. The van der Waals surface area contributed by atoms with Gasteiger partial charge in [0.1, 0.15) is 5.41 Å². The van der Waals surface area contributed by atoms with Crippen molar-refractivity contribution >= 4 is 11.8 Å². The zero-order valence-corrected chi connectivity index (χ0v) is 16.7. The zero-order valence-electron chi connectivity index (χ0n) is 16.7. The minimum Gasteiger partial charge on any atom is -0.355 e. The second-order valence-corrected chi connectivity index (χ2v) is 8.21. The first-order valence-electron chi connectivity index (χ1n) is 10.3. The molecule has 0 saturated heterocycles. The van der Waals surface area contributed by atoms with Crippen molar-refractivity contribution in [2.75, 3.05) is 6.54 Å². The van der Waals surface area contributed by atoms with E-state index in [9.17, 15) is 9.59 Å². The number of amides is 2. The predicted molar refractivity (Wildman–Crippen MR) is 108 cm³/mol. The van der Waals surface area contributed by atoms with Gasteiger partial charge < -0.3 is 10.2 Å². The minimum atomic E-state index is -0.833. The summed E-state index contributed by atoms with van der Waals surface area (Å²) >= 11 is 0. The maximum absolute atomic E-state index is 13.2. The Morgan fingerprint density at radius 3 is 2.48 bits per heavy atom. The fraction of sp³-hybridized carbons (Fsp3) is 0.565. The van der Waals surface area contributed by atoms with Crippen molar-refractivity contribution < 1.29 is 9.59 Å². The molecule has 2 aliphatic carbocycles. The number of hydrogen-bond donors (Lipinski definition) is 1. The van der Waals surface area contributed by atoms with Gasteiger partial charge in [-0.1, -0.05) is 42.0 Å². The van der Waals surface area contributed by atoms with Gasteiger partial charge in [-0.25, -0.2) is 0 Å². The highest BCUT2D eigenvalue weighted by Crippen LogP contribution is 2.48. The molecule has 4 heteroatoms. The van der Waals surface area contributed by atoms with Crippen LogP contribution in [0.1, 0.15) is 64.4 Å². The van der Waals surface area contributed by atoms with Crippen LogP contribution in [0.15, 0.2) is 42.0 Å². The van der Waals surface area contributed by atoms with Crippen LogP contribution in [0.5, 0.6) is 0 Å². The van der Waals surface area contributed by atoms with E-state index in [1.165, 1.54) is 18.4 Å². The van der Waals surface area contributed by atoms with E-state index in [4.69, 9.17) is 0 Å². The Morgan fingerprint density at radius 1 is 1.15 bits per heavy atom. The van der Waals surface area contributed by atoms with Gasteiger partial charge in [0.2, 0.25) is 11.8 Å². The highest BCUT2D eigenvalue weighted by molar-refractivity contribution is 6.07. The summed E-state index contributed by atoms with van der Waals surface area (Å²) in [6.45, 7) is 5.23. The first-order chi connectivity index (χ1) is 13.0. The van der Waals surface area contributed by atoms with Crippen LogP contribution in [-0.4, -0.2) is 29.3 Å². The lowest BCUT2D eigenvalue weighted by molar-refractivity contribution is -0.146. The van der Waals surface area contributed by atoms with Crippen molar-refractivity contribution in [2.45, 2.75) is 71.4 Å². The Kier molecular flexibility index (Phi) is 6.35. The number of hydrogen-bond acceptors (Lipinski definition) is 2. The van der Waals surface area contributed by atoms with Gasteiger partial charge in [0.15, 0.2) is 0 Å². The third-order valence-corrected chi connectivity index (χ3v) is 5.79. The van der Waals surface area contributed by atoms with Crippen LogP contribution in [-0.2, 0) is 16.1 Å². The van der Waals surface area contributed by atoms with Crippen LogP contribution in [0.3, 0.4) is 0 Å². The lowest BCUT2D eigenvalue weighted by Gasteiger charge is -2.30. The number of nitrogens with one attached hydrogen (secondary N) is 1. The fourth-order valence-electron chi connectivity index (χ4n) is 3.84. The molecule has 1 N–H and O–H groups in total. The number of nitrogens with zero attached hydrogens (tertiary/aromatic N) is 1. The molecule has 4 nitrogen and oxygen atoms in total. The van der Waals surface area contributed by atoms with Crippen LogP contribution in [0.2, 0.25) is 0 Å². The molecule has 0 bridgehead atoms. The second-order valence-electron chi connectivity index (χ2n) is 8.21. The van der Waals surface area contributed by atoms with Crippen LogP contribution in [0.25, 0.3) is 0 Å². The van der Waals surface area contributed by atoms with Gasteiger partial charge >= 0.3 is 0 Å². The van der Waals surface area contributed by atoms with Crippen LogP contribution < -0.4 is 5.32 Å². The molecule has 1 aromatic carbocycles. The van der Waals surface area contributed by atoms with Crippen molar-refractivity contribution in [3.63, 3.8) is 0 Å². The maximum atomic E-state index is 13.2. The number of carbonyl (C=O) groups excluding carboxylic acids is 2. The van der Waals surface area contributed by atoms with Crippen molar-refractivity contribution in [2.24, 2.45) is 5.41 Å². The van der Waals surface area contributed by atoms with Gasteiger partial charge in [-0.05, 0) is 64.4 Å². The molecule has 146 valence electrons. The Hall–Kier alpha value is -2.10. The second kappa shape index (κ2) is 8.73. The Bertz CT molecular complexity index is 690. The third kappa shape index (κ3) is 4.79. The molecule has 0 aromatic heterocycles. The first kappa shape index (κ1) is 19.7. The Balaban J connectivity index is 1.59. The number of benzene rings is 1. The molecule has 0 spiro atoms. The quantitative estimate of drug-likeness (QED) is 0.552. The van der Waals surface area contributed by atoms with Crippen LogP contribution in [0.4, 0.5) is 0 Å². The molecule has 0 radical (unpaired) electrons. The van der Waals surface area contributed by atoms with Gasteiger partial charge in [-0.3, -0.25) is 9.59 Å². The molecule has 0 atom stereocenters. The Labute approximate surface area is 163 Å². The van der Waals surface area contributed by atoms with Crippen molar-refractivity contribution in [3.05, 3.63) is 47.5 Å². The van der Waals surface area contributed by atoms with E-state index in [1.54, 1.807) is 0 Å². The molecule has 0 aliphatic heterocycles. The monoisotopic (exact) mass is 368 g/mol. The standard InChI is InChI=1S/C23H32N2O2/c1-18(2)25(17-20-11-7-4-8-12-20)22(27)23(14-15-23)21(26)24-16-13-19-9-5-3-6-10-19/h4,7-9,11-12,18H,3,5-6,10,13-17H2,1-2H3,(H,24,26). The highest BCUT2D eigenvalue weighted by Gasteiger charge is 2.58. The van der Waals surface area contributed by atoms with E-state index < -0.39 is 5.41 Å². The predicted octanol–water partition coefficient (Wildman–Crippen LogP) is 4.21. The molecule has 3 rings (SSSR count). The SMILES string of the molecule is CC(C)N(Cc1ccccc1)C(=O)C1(C(=O)NCCC2=CCCCC2)CC1. The van der Waals surface area contributed by atoms with Crippen molar-refractivity contribution in [1.82, 2.24) is 10.2 Å². The van der Waals surface area contributed by atoms with E-state index in [2.05, 4.69) is 11.4 Å². The topological polar surface area (TPSA) is 49.4 Å². The van der Waals surface area contributed by atoms with E-state index in [0.29, 0.717) is 25.9 Å². The van der Waals surface area contributed by atoms with E-state index in [-0.39, 0.29) is 17.9 Å². The molecule has 0 heterocycles. The molecular weight excluding hydrogens is 336 g/mol. The van der Waals surface area contributed by atoms with Crippen LogP contribution in [0, 0.1) is 5.41 Å². The highest BCUT2D eigenvalue weighted by atomic mass is 16.2. The summed E-state index contributed by atoms with van der Waals surface area (Å²) in [6.07, 6.45) is 9.40. The van der Waals surface area contributed by atoms with E-state index >= 15 is 0 Å². The average molecular weight is 369 g/mol. The lowest BCUT2D eigenvalue weighted by atomic mass is 9.97. The van der Waals surface area contributed by atoms with Crippen molar-refractivity contribution in [1.29, 1.82) is 0 Å². The normalized spacial score (nSPS) is 18.0. The molecular formula is C23H32N2O2. The molecule has 27 heavy (non-hydrogen) atoms. The number of allylic oxidation sites excluding steroid dienone is 1. The summed E-state index contributed by atoms with van der Waals surface area (Å²) in [5, 5.41) is 3.04. The zero-order chi connectivity index (χ0) is 19.3. The molecule has 1 saturated carbocycles. The number of carbonyl (C=O) groups is 2. The molecule has 2 aliphatic rings. The summed E-state index contributed by atoms with van der Waals surface area (Å²) in [5.41, 5.74) is 1.71. The summed E-state index contributed by atoms with van der Waals surface area (Å²) in [7, 11) is 0. The fourth-order valence-corrected chi connectivity index (χ4v) is 3.84. The summed E-state index contributed by atoms with van der Waals surface area (Å²) in [5.74, 6) is -0.0987. The third-order valence-electron chi connectivity index (χ3n) is 5.79. The van der Waals surface area contributed by atoms with Gasteiger partial charge in [0.25, 0.3) is 0 Å². The number of rotatable bonds is 8. The van der Waals surface area contributed by atoms with Crippen LogP contribution >= 0.6 is 0 Å². The Morgan fingerprint density at radius 2 is 1.89 bits per heavy atom. The van der Waals surface area contributed by atoms with E-state index in [0.717, 1.165) is 24.8 Å². The smallest absolute Gasteiger partial charge is 0.238 e. The first-order valence-corrected chi connectivity index (χ1v) is 10.3. The molecule has 1 fully saturated rings. The molecule has 1 aromatic rings. The molecule has 2 amide bonds. The van der Waals surface area contributed by atoms with Gasteiger partial charge in [-0.15, -0.1) is 0 Å². The molecule has 0 unspecified atom stereocenters. The van der Waals surface area contributed by atoms with Gasteiger partial charge in [-0.2, -0.15) is 0 Å². The summed E-state index contributed by atoms with van der Waals surface area (Å²) in [6, 6.07) is 10.1.